The van der Waals surface area contributed by atoms with Gasteiger partial charge in [-0.05, 0) is 42.8 Å². The zero-order valence-corrected chi connectivity index (χ0v) is 17.5. The molecule has 156 valence electrons. The van der Waals surface area contributed by atoms with Crippen LogP contribution >= 0.6 is 0 Å². The summed E-state index contributed by atoms with van der Waals surface area (Å²) in [7, 11) is -2.31. The van der Waals surface area contributed by atoms with Crippen molar-refractivity contribution in [3.05, 3.63) is 59.7 Å². The first kappa shape index (κ1) is 21.3. The Bertz CT molecular complexity index is 939. The van der Waals surface area contributed by atoms with Gasteiger partial charge in [-0.1, -0.05) is 18.2 Å². The maximum atomic E-state index is 13.0. The number of benzene rings is 2. The minimum Gasteiger partial charge on any atom is -0.492 e. The molecule has 1 saturated heterocycles. The summed E-state index contributed by atoms with van der Waals surface area (Å²) in [6.07, 6.45) is 0. The topological polar surface area (TPSA) is 76.2 Å². The van der Waals surface area contributed by atoms with Crippen LogP contribution in [0.5, 0.6) is 5.75 Å². The van der Waals surface area contributed by atoms with Crippen LogP contribution in [-0.4, -0.2) is 70.0 Å². The molecule has 0 saturated carbocycles. The lowest BCUT2D eigenvalue weighted by Crippen LogP contribution is -2.49. The minimum atomic E-state index is -3.61. The number of methoxy groups -OCH3 is 1. The number of carbonyl (C=O) groups excluding carboxylic acids is 1. The van der Waals surface area contributed by atoms with E-state index in [9.17, 15) is 13.2 Å². The van der Waals surface area contributed by atoms with Crippen LogP contribution < -0.4 is 4.74 Å². The molecular formula is C21H26N2O5S. The van der Waals surface area contributed by atoms with E-state index in [0.29, 0.717) is 43.9 Å². The van der Waals surface area contributed by atoms with E-state index < -0.39 is 16.0 Å². The first-order valence-electron chi connectivity index (χ1n) is 9.51. The molecule has 0 N–H and O–H groups in total. The van der Waals surface area contributed by atoms with Crippen LogP contribution in [0.15, 0.2) is 53.4 Å². The van der Waals surface area contributed by atoms with E-state index in [4.69, 9.17) is 9.47 Å². The van der Waals surface area contributed by atoms with Gasteiger partial charge in [-0.3, -0.25) is 4.90 Å². The first-order chi connectivity index (χ1) is 13.9. The summed E-state index contributed by atoms with van der Waals surface area (Å²) >= 11 is 0. The highest BCUT2D eigenvalue weighted by molar-refractivity contribution is 7.89. The first-order valence-corrected chi connectivity index (χ1v) is 10.9. The second kappa shape index (κ2) is 9.39. The number of rotatable bonds is 7. The zero-order valence-electron chi connectivity index (χ0n) is 16.7. The van der Waals surface area contributed by atoms with Crippen molar-refractivity contribution >= 4 is 16.0 Å². The summed E-state index contributed by atoms with van der Waals surface area (Å²) in [6.45, 7) is 5.14. The average molecular weight is 419 g/mol. The highest BCUT2D eigenvalue weighted by Gasteiger charge is 2.29. The number of para-hydroxylation sites is 1. The van der Waals surface area contributed by atoms with Crippen LogP contribution in [0.3, 0.4) is 0 Å². The monoisotopic (exact) mass is 418 g/mol. The summed E-state index contributed by atoms with van der Waals surface area (Å²) in [6, 6.07) is 14.2. The van der Waals surface area contributed by atoms with Crippen molar-refractivity contribution < 1.29 is 22.7 Å². The number of ether oxygens (including phenoxy) is 2. The van der Waals surface area contributed by atoms with Gasteiger partial charge in [0, 0.05) is 32.7 Å². The summed E-state index contributed by atoms with van der Waals surface area (Å²) in [5.41, 5.74) is 0.874. The fourth-order valence-electron chi connectivity index (χ4n) is 3.33. The lowest BCUT2D eigenvalue weighted by molar-refractivity contribution is 0.0600. The summed E-state index contributed by atoms with van der Waals surface area (Å²) in [4.78, 5) is 14.1. The SMILES string of the molecule is COC(=O)c1ccc(S(=O)(=O)N2CCN(CCOc3ccccc3)CC2)c(C)c1. The molecule has 7 nitrogen and oxygen atoms in total. The number of hydrogen-bond acceptors (Lipinski definition) is 6. The Kier molecular flexibility index (Phi) is 6.89. The Morgan fingerprint density at radius 3 is 2.34 bits per heavy atom. The Balaban J connectivity index is 1.56. The third kappa shape index (κ3) is 5.14. The Morgan fingerprint density at radius 1 is 1.03 bits per heavy atom. The number of hydrogen-bond donors (Lipinski definition) is 0. The number of esters is 1. The number of aryl methyl sites for hydroxylation is 1. The molecule has 0 unspecified atom stereocenters. The predicted molar refractivity (Wildman–Crippen MR) is 110 cm³/mol. The van der Waals surface area contributed by atoms with Crippen molar-refractivity contribution in [2.45, 2.75) is 11.8 Å². The summed E-state index contributed by atoms with van der Waals surface area (Å²) < 4.78 is 38.0. The predicted octanol–water partition coefficient (Wildman–Crippen LogP) is 2.17. The number of piperazine rings is 1. The van der Waals surface area contributed by atoms with Crippen molar-refractivity contribution in [3.8, 4) is 5.75 Å². The number of nitrogens with zero attached hydrogens (tertiary/aromatic N) is 2. The quantitative estimate of drug-likeness (QED) is 0.642. The second-order valence-corrected chi connectivity index (χ2v) is 8.79. The van der Waals surface area contributed by atoms with Crippen molar-refractivity contribution in [1.82, 2.24) is 9.21 Å². The van der Waals surface area contributed by atoms with E-state index in [0.717, 1.165) is 12.3 Å². The maximum absolute atomic E-state index is 13.0. The molecule has 1 aliphatic heterocycles. The van der Waals surface area contributed by atoms with Gasteiger partial charge in [0.15, 0.2) is 0 Å². The van der Waals surface area contributed by atoms with E-state index >= 15 is 0 Å². The fourth-order valence-corrected chi connectivity index (χ4v) is 4.95. The lowest BCUT2D eigenvalue weighted by atomic mass is 10.1. The van der Waals surface area contributed by atoms with Gasteiger partial charge in [0.2, 0.25) is 10.0 Å². The molecule has 0 amide bonds. The molecule has 0 spiro atoms. The Labute approximate surface area is 171 Å². The molecule has 0 atom stereocenters. The van der Waals surface area contributed by atoms with Crippen LogP contribution in [0.2, 0.25) is 0 Å². The van der Waals surface area contributed by atoms with Gasteiger partial charge in [-0.2, -0.15) is 4.31 Å². The van der Waals surface area contributed by atoms with Gasteiger partial charge < -0.3 is 9.47 Å². The normalized spacial score (nSPS) is 15.8. The Morgan fingerprint density at radius 2 is 1.72 bits per heavy atom. The molecule has 2 aromatic carbocycles. The largest absolute Gasteiger partial charge is 0.492 e. The molecular weight excluding hydrogens is 392 g/mol. The van der Waals surface area contributed by atoms with Gasteiger partial charge in [0.05, 0.1) is 17.6 Å². The highest BCUT2D eigenvalue weighted by Crippen LogP contribution is 2.22. The molecule has 0 aromatic heterocycles. The fraction of sp³-hybridized carbons (Fsp3) is 0.381. The van der Waals surface area contributed by atoms with Crippen LogP contribution in [0.4, 0.5) is 0 Å². The molecule has 1 fully saturated rings. The molecule has 29 heavy (non-hydrogen) atoms. The molecule has 1 heterocycles. The maximum Gasteiger partial charge on any atom is 0.337 e. The molecule has 0 aliphatic carbocycles. The van der Waals surface area contributed by atoms with Crippen molar-refractivity contribution in [1.29, 1.82) is 0 Å². The van der Waals surface area contributed by atoms with E-state index in [1.807, 2.05) is 30.3 Å². The van der Waals surface area contributed by atoms with Crippen LogP contribution in [0.1, 0.15) is 15.9 Å². The van der Waals surface area contributed by atoms with Crippen molar-refractivity contribution in [2.24, 2.45) is 0 Å². The van der Waals surface area contributed by atoms with Crippen molar-refractivity contribution in [2.75, 3.05) is 46.4 Å². The van der Waals surface area contributed by atoms with Crippen molar-refractivity contribution in [3.63, 3.8) is 0 Å². The average Bonchev–Trinajstić information content (AvgIpc) is 2.74. The standard InChI is InChI=1S/C21H26N2O5S/c1-17-16-18(21(24)27-2)8-9-20(17)29(25,26)23-12-10-22(11-13-23)14-15-28-19-6-4-3-5-7-19/h3-9,16H,10-15H2,1-2H3. The van der Waals surface area contributed by atoms with E-state index in [-0.39, 0.29) is 4.90 Å². The summed E-state index contributed by atoms with van der Waals surface area (Å²) in [5, 5.41) is 0. The molecule has 0 bridgehead atoms. The van der Waals surface area contributed by atoms with Crippen LogP contribution in [0.25, 0.3) is 0 Å². The molecule has 0 radical (unpaired) electrons. The molecule has 2 aromatic rings. The third-order valence-electron chi connectivity index (χ3n) is 4.96. The van der Waals surface area contributed by atoms with Crippen LogP contribution in [-0.2, 0) is 14.8 Å². The molecule has 3 rings (SSSR count). The zero-order chi connectivity index (χ0) is 20.9. The number of carbonyl (C=O) groups is 1. The second-order valence-electron chi connectivity index (χ2n) is 6.88. The highest BCUT2D eigenvalue weighted by atomic mass is 32.2. The van der Waals surface area contributed by atoms with Crippen LogP contribution in [0, 0.1) is 6.92 Å². The minimum absolute atomic E-state index is 0.228. The van der Waals surface area contributed by atoms with E-state index in [2.05, 4.69) is 4.90 Å². The van der Waals surface area contributed by atoms with Gasteiger partial charge in [-0.15, -0.1) is 0 Å². The molecule has 1 aliphatic rings. The van der Waals surface area contributed by atoms with Gasteiger partial charge >= 0.3 is 5.97 Å². The van der Waals surface area contributed by atoms with Gasteiger partial charge in [0.25, 0.3) is 0 Å². The smallest absolute Gasteiger partial charge is 0.337 e. The number of sulfonamides is 1. The lowest BCUT2D eigenvalue weighted by Gasteiger charge is -2.34. The van der Waals surface area contributed by atoms with E-state index in [1.54, 1.807) is 13.0 Å². The Hall–Kier alpha value is -2.42. The summed E-state index contributed by atoms with van der Waals surface area (Å²) in [5.74, 6) is 0.350. The van der Waals surface area contributed by atoms with Gasteiger partial charge in [0.1, 0.15) is 12.4 Å². The third-order valence-corrected chi connectivity index (χ3v) is 7.02. The van der Waals surface area contributed by atoms with E-state index in [1.165, 1.54) is 23.5 Å². The van der Waals surface area contributed by atoms with Gasteiger partial charge in [-0.25, -0.2) is 13.2 Å². The molecule has 8 heteroatoms.